The predicted octanol–water partition coefficient (Wildman–Crippen LogP) is 4.63. The normalized spacial score (nSPS) is 18.5. The largest absolute Gasteiger partial charge is 0.487 e. The third-order valence-electron chi connectivity index (χ3n) is 6.76. The Hall–Kier alpha value is -3.30. The van der Waals surface area contributed by atoms with E-state index in [4.69, 9.17) is 9.47 Å². The van der Waals surface area contributed by atoms with E-state index in [2.05, 4.69) is 34.8 Å². The molecule has 4 heterocycles. The molecule has 0 unspecified atom stereocenters. The first-order chi connectivity index (χ1) is 16.2. The number of nitrogens with zero attached hydrogens (tertiary/aromatic N) is 2. The van der Waals surface area contributed by atoms with E-state index in [1.165, 1.54) is 11.6 Å². The van der Waals surface area contributed by atoms with E-state index in [-0.39, 0.29) is 7.33 Å². The van der Waals surface area contributed by atoms with Crippen molar-refractivity contribution < 1.29 is 15.7 Å². The van der Waals surface area contributed by atoms with Gasteiger partial charge < -0.3 is 19.7 Å². The van der Waals surface area contributed by atoms with Gasteiger partial charge in [0, 0.05) is 51.0 Å². The average Bonchev–Trinajstić information content (AvgIpc) is 3.06. The Bertz CT molecular complexity index is 1110. The number of nitrogens with one attached hydrogen (secondary N) is 1. The van der Waals surface area contributed by atoms with Gasteiger partial charge in [-0.25, -0.2) is 4.98 Å². The number of aromatic nitrogens is 1. The monoisotopic (exact) mass is 445 g/mol. The second kappa shape index (κ2) is 9.68. The molecule has 0 bridgehead atoms. The molecule has 6 heteroatoms. The lowest BCUT2D eigenvalue weighted by molar-refractivity contribution is -0.127. The highest BCUT2D eigenvalue weighted by molar-refractivity contribution is 5.87. The van der Waals surface area contributed by atoms with Crippen LogP contribution in [0.25, 0.3) is 0 Å². The number of pyridine rings is 1. The summed E-state index contributed by atoms with van der Waals surface area (Å²) < 4.78 is 11.7. The van der Waals surface area contributed by atoms with E-state index in [1.54, 1.807) is 0 Å². The number of hydrogen-bond acceptors (Lipinski definition) is 5. The molecule has 2 fully saturated rings. The zero-order valence-corrected chi connectivity index (χ0v) is 18.8. The van der Waals surface area contributed by atoms with Gasteiger partial charge in [-0.3, -0.25) is 4.79 Å². The van der Waals surface area contributed by atoms with Crippen molar-refractivity contribution >= 4 is 17.4 Å². The van der Waals surface area contributed by atoms with Crippen molar-refractivity contribution in [3.63, 3.8) is 0 Å². The van der Waals surface area contributed by atoms with Gasteiger partial charge in [0.1, 0.15) is 18.2 Å². The molecule has 33 heavy (non-hydrogen) atoms. The Balaban J connectivity index is 0.00000274. The number of anilines is 2. The highest BCUT2D eigenvalue weighted by Gasteiger charge is 2.24. The third kappa shape index (κ3) is 4.74. The Morgan fingerprint density at radius 2 is 2.03 bits per heavy atom. The molecule has 1 N–H and O–H groups in total. The third-order valence-corrected chi connectivity index (χ3v) is 6.76. The fourth-order valence-corrected chi connectivity index (χ4v) is 4.83. The number of likely N-dealkylation sites (tertiary alicyclic amines) is 1. The van der Waals surface area contributed by atoms with Crippen LogP contribution in [-0.2, 0) is 16.1 Å². The van der Waals surface area contributed by atoms with Crippen LogP contribution in [0.2, 0.25) is 0 Å². The first-order valence-electron chi connectivity index (χ1n) is 11.7. The molecule has 0 saturated carbocycles. The molecule has 0 aliphatic carbocycles. The first-order valence-corrected chi connectivity index (χ1v) is 11.7. The summed E-state index contributed by atoms with van der Waals surface area (Å²) >= 11 is 0. The van der Waals surface area contributed by atoms with Gasteiger partial charge in [0.15, 0.2) is 0 Å². The van der Waals surface area contributed by atoms with Gasteiger partial charge in [-0.1, -0.05) is 18.4 Å². The highest BCUT2D eigenvalue weighted by Crippen LogP contribution is 2.38. The fraction of sp³-hybridized carbons (Fsp3) is 0.407. The number of fused-ring (bicyclic) bond motifs is 2. The second-order valence-corrected chi connectivity index (χ2v) is 8.81. The van der Waals surface area contributed by atoms with Gasteiger partial charge in [-0.2, -0.15) is 0 Å². The highest BCUT2D eigenvalue weighted by atomic mass is 16.5. The van der Waals surface area contributed by atoms with Gasteiger partial charge >= 0.3 is 0 Å². The summed E-state index contributed by atoms with van der Waals surface area (Å²) in [6, 6.07) is 8.15. The molecule has 172 valence electrons. The van der Waals surface area contributed by atoms with E-state index < -0.39 is 0 Å². The maximum absolute atomic E-state index is 11.8. The Morgan fingerprint density at radius 3 is 2.82 bits per heavy atom. The first kappa shape index (κ1) is 21.5. The van der Waals surface area contributed by atoms with Gasteiger partial charge in [-0.15, -0.1) is 0 Å². The molecule has 2 aromatic rings. The SMILES string of the molecule is C=CC(=O)N1CCC(C#Cc2ccc3c(c2)Nc2nccc(C4CCOCC4)c2CO3)CC1.[HH]. The number of piperidine rings is 1. The summed E-state index contributed by atoms with van der Waals surface area (Å²) in [7, 11) is 0. The molecule has 1 aromatic carbocycles. The fourth-order valence-electron chi connectivity index (χ4n) is 4.83. The number of rotatable bonds is 2. The second-order valence-electron chi connectivity index (χ2n) is 8.81. The van der Waals surface area contributed by atoms with E-state index in [0.717, 1.165) is 80.4 Å². The predicted molar refractivity (Wildman–Crippen MR) is 130 cm³/mol. The quantitative estimate of drug-likeness (QED) is 0.539. The topological polar surface area (TPSA) is 63.7 Å². The van der Waals surface area contributed by atoms with Crippen molar-refractivity contribution in [2.45, 2.75) is 38.2 Å². The van der Waals surface area contributed by atoms with Crippen molar-refractivity contribution in [3.8, 4) is 17.6 Å². The molecule has 1 aromatic heterocycles. The summed E-state index contributed by atoms with van der Waals surface area (Å²) in [5.74, 6) is 9.19. The molecule has 1 amide bonds. The Morgan fingerprint density at radius 1 is 1.21 bits per heavy atom. The number of hydrogen-bond donors (Lipinski definition) is 1. The van der Waals surface area contributed by atoms with Crippen molar-refractivity contribution in [3.05, 3.63) is 59.8 Å². The number of carbonyl (C=O) groups excluding carboxylic acids is 1. The molecule has 6 nitrogen and oxygen atoms in total. The lowest BCUT2D eigenvalue weighted by Crippen LogP contribution is -2.37. The van der Waals surface area contributed by atoms with Crippen LogP contribution < -0.4 is 10.1 Å². The zero-order valence-electron chi connectivity index (χ0n) is 18.8. The minimum absolute atomic E-state index is 0. The standard InChI is InChI=1S/C27H29N3O3.H2/c1-2-26(31)30-13-8-19(9-14-30)3-4-20-5-6-25-24(17-20)29-27-23(18-33-25)22(7-12-28-27)21-10-15-32-16-11-21;/h2,5-7,12,17,19,21H,1,8-11,13-16,18H2,(H,28,29);1H. The molecular formula is C27H31N3O3. The van der Waals surface area contributed by atoms with E-state index in [0.29, 0.717) is 18.4 Å². The van der Waals surface area contributed by atoms with Gasteiger partial charge in [0.2, 0.25) is 5.91 Å². The molecule has 0 spiro atoms. The van der Waals surface area contributed by atoms with Crippen LogP contribution in [0.3, 0.4) is 0 Å². The van der Waals surface area contributed by atoms with Crippen LogP contribution in [0.15, 0.2) is 43.1 Å². The molecule has 0 radical (unpaired) electrons. The van der Waals surface area contributed by atoms with Crippen LogP contribution in [-0.4, -0.2) is 42.1 Å². The van der Waals surface area contributed by atoms with Gasteiger partial charge in [0.05, 0.1) is 5.69 Å². The lowest BCUT2D eigenvalue weighted by Gasteiger charge is -2.28. The van der Waals surface area contributed by atoms with E-state index in [1.807, 2.05) is 29.3 Å². The molecule has 0 atom stereocenters. The van der Waals surface area contributed by atoms with Crippen molar-refractivity contribution in [1.82, 2.24) is 9.88 Å². The maximum atomic E-state index is 11.8. The van der Waals surface area contributed by atoms with Crippen LogP contribution in [0.1, 0.15) is 49.7 Å². The van der Waals surface area contributed by atoms with Crippen LogP contribution in [0.5, 0.6) is 5.75 Å². The average molecular weight is 446 g/mol. The number of benzene rings is 1. The zero-order chi connectivity index (χ0) is 22.6. The van der Waals surface area contributed by atoms with Crippen LogP contribution in [0.4, 0.5) is 11.5 Å². The van der Waals surface area contributed by atoms with Gasteiger partial charge in [-0.05, 0) is 67.5 Å². The molecule has 5 rings (SSSR count). The van der Waals surface area contributed by atoms with E-state index >= 15 is 0 Å². The van der Waals surface area contributed by atoms with Crippen molar-refractivity contribution in [2.75, 3.05) is 31.6 Å². The van der Waals surface area contributed by atoms with Crippen LogP contribution in [0, 0.1) is 17.8 Å². The van der Waals surface area contributed by atoms with E-state index in [9.17, 15) is 4.79 Å². The minimum Gasteiger partial charge on any atom is -0.487 e. The lowest BCUT2D eigenvalue weighted by atomic mass is 9.89. The number of ether oxygens (including phenoxy) is 2. The molecule has 3 aliphatic heterocycles. The molecule has 2 saturated heterocycles. The maximum Gasteiger partial charge on any atom is 0.245 e. The summed E-state index contributed by atoms with van der Waals surface area (Å²) in [6.45, 7) is 7.16. The minimum atomic E-state index is 0. The summed E-state index contributed by atoms with van der Waals surface area (Å²) in [4.78, 5) is 18.2. The number of carbonyl (C=O) groups is 1. The summed E-state index contributed by atoms with van der Waals surface area (Å²) in [5, 5.41) is 3.50. The smallest absolute Gasteiger partial charge is 0.245 e. The Kier molecular flexibility index (Phi) is 6.32. The van der Waals surface area contributed by atoms with Crippen molar-refractivity contribution in [1.29, 1.82) is 0 Å². The molecular weight excluding hydrogens is 414 g/mol. The van der Waals surface area contributed by atoms with Crippen molar-refractivity contribution in [2.24, 2.45) is 5.92 Å². The number of amides is 1. The van der Waals surface area contributed by atoms with Crippen LogP contribution >= 0.6 is 0 Å². The summed E-state index contributed by atoms with van der Waals surface area (Å²) in [6.07, 6.45) is 7.12. The molecule has 3 aliphatic rings. The summed E-state index contributed by atoms with van der Waals surface area (Å²) in [5.41, 5.74) is 4.28. The Labute approximate surface area is 196 Å². The van der Waals surface area contributed by atoms with Gasteiger partial charge in [0.25, 0.3) is 0 Å².